The predicted octanol–water partition coefficient (Wildman–Crippen LogP) is 6.80. The Balaban J connectivity index is 2.50. The van der Waals surface area contributed by atoms with Crippen LogP contribution in [0.3, 0.4) is 0 Å². The minimum atomic E-state index is -0.401. The molecule has 27 heavy (non-hydrogen) atoms. The van der Waals surface area contributed by atoms with E-state index in [-0.39, 0.29) is 11.6 Å². The first-order valence-electron chi connectivity index (χ1n) is 10.7. The Labute approximate surface area is 164 Å². The largest absolute Gasteiger partial charge is 0.320 e. The molecule has 152 valence electrons. The number of amides is 1. The number of anilines is 1. The second-order valence-electron chi connectivity index (χ2n) is 7.34. The molecule has 1 N–H and O–H groups in total. The molecule has 5 nitrogen and oxygen atoms in total. The number of unbranched alkanes of at least 4 members (excludes halogenated alkanes) is 9. The molecule has 0 aliphatic rings. The van der Waals surface area contributed by atoms with Crippen molar-refractivity contribution in [2.45, 2.75) is 97.3 Å². The number of aryl methyl sites for hydroxylation is 1. The normalized spacial score (nSPS) is 10.7. The molecular weight excluding hydrogens is 340 g/mol. The number of nitrogens with one attached hydrogen (secondary N) is 1. The lowest BCUT2D eigenvalue weighted by atomic mass is 10.0. The van der Waals surface area contributed by atoms with E-state index in [0.29, 0.717) is 12.1 Å². The smallest absolute Gasteiger partial charge is 0.293 e. The molecule has 0 aliphatic heterocycles. The number of rotatable bonds is 15. The molecule has 1 aromatic rings. The van der Waals surface area contributed by atoms with Crippen molar-refractivity contribution in [2.24, 2.45) is 0 Å². The van der Waals surface area contributed by atoms with Crippen molar-refractivity contribution in [2.75, 3.05) is 5.32 Å². The maximum atomic E-state index is 12.1. The zero-order valence-corrected chi connectivity index (χ0v) is 17.1. The van der Waals surface area contributed by atoms with Crippen LogP contribution in [0.5, 0.6) is 0 Å². The Morgan fingerprint density at radius 1 is 0.926 bits per heavy atom. The summed E-state index contributed by atoms with van der Waals surface area (Å²) in [5.41, 5.74) is 1.28. The van der Waals surface area contributed by atoms with E-state index in [1.54, 1.807) is 12.1 Å². The average Bonchev–Trinajstić information content (AvgIpc) is 2.65. The van der Waals surface area contributed by atoms with Crippen LogP contribution in [0, 0.1) is 10.1 Å². The summed E-state index contributed by atoms with van der Waals surface area (Å²) in [4.78, 5) is 23.1. The van der Waals surface area contributed by atoms with Crippen LogP contribution in [-0.4, -0.2) is 10.8 Å². The van der Waals surface area contributed by atoms with Crippen LogP contribution in [-0.2, 0) is 11.2 Å². The van der Waals surface area contributed by atoms with Crippen molar-refractivity contribution in [3.63, 3.8) is 0 Å². The van der Waals surface area contributed by atoms with E-state index in [4.69, 9.17) is 0 Å². The Bertz CT molecular complexity index is 573. The molecular formula is C22H36N2O3. The highest BCUT2D eigenvalue weighted by Gasteiger charge is 2.16. The van der Waals surface area contributed by atoms with Crippen LogP contribution in [0.15, 0.2) is 18.2 Å². The van der Waals surface area contributed by atoms with Crippen LogP contribution in [0.2, 0.25) is 0 Å². The minimum Gasteiger partial charge on any atom is -0.320 e. The fourth-order valence-corrected chi connectivity index (χ4v) is 3.20. The third-order valence-electron chi connectivity index (χ3n) is 4.86. The molecule has 0 unspecified atom stereocenters. The van der Waals surface area contributed by atoms with E-state index in [1.165, 1.54) is 38.5 Å². The Hall–Kier alpha value is -1.91. The summed E-state index contributed by atoms with van der Waals surface area (Å²) in [6.07, 6.45) is 13.8. The zero-order valence-electron chi connectivity index (χ0n) is 17.1. The molecule has 0 spiro atoms. The van der Waals surface area contributed by atoms with Gasteiger partial charge in [0.1, 0.15) is 5.69 Å². The average molecular weight is 377 g/mol. The van der Waals surface area contributed by atoms with Crippen molar-refractivity contribution in [1.29, 1.82) is 0 Å². The van der Waals surface area contributed by atoms with Gasteiger partial charge in [0.15, 0.2) is 0 Å². The molecule has 0 saturated carbocycles. The SMILES string of the molecule is CCCCCCCCc1ccc(NC(=O)CCCCCCC)c([N+](=O)[O-])c1. The van der Waals surface area contributed by atoms with Gasteiger partial charge in [0.2, 0.25) is 5.91 Å². The third-order valence-corrected chi connectivity index (χ3v) is 4.86. The lowest BCUT2D eigenvalue weighted by Gasteiger charge is -2.08. The summed E-state index contributed by atoms with van der Waals surface area (Å²) in [7, 11) is 0. The Morgan fingerprint density at radius 2 is 1.52 bits per heavy atom. The molecule has 0 aliphatic carbocycles. The predicted molar refractivity (Wildman–Crippen MR) is 112 cm³/mol. The molecule has 5 heteroatoms. The van der Waals surface area contributed by atoms with Gasteiger partial charge in [0.05, 0.1) is 4.92 Å². The quantitative estimate of drug-likeness (QED) is 0.208. The molecule has 0 radical (unpaired) electrons. The van der Waals surface area contributed by atoms with E-state index in [1.807, 2.05) is 6.07 Å². The number of carbonyl (C=O) groups is 1. The van der Waals surface area contributed by atoms with Crippen LogP contribution in [0.1, 0.15) is 96.5 Å². The number of hydrogen-bond donors (Lipinski definition) is 1. The van der Waals surface area contributed by atoms with E-state index in [0.717, 1.165) is 44.1 Å². The van der Waals surface area contributed by atoms with Gasteiger partial charge in [-0.25, -0.2) is 0 Å². The topological polar surface area (TPSA) is 72.2 Å². The van der Waals surface area contributed by atoms with Crippen molar-refractivity contribution < 1.29 is 9.72 Å². The summed E-state index contributed by atoms with van der Waals surface area (Å²) in [6.45, 7) is 4.36. The Morgan fingerprint density at radius 3 is 2.15 bits per heavy atom. The molecule has 0 fully saturated rings. The van der Waals surface area contributed by atoms with Gasteiger partial charge in [-0.1, -0.05) is 77.7 Å². The fraction of sp³-hybridized carbons (Fsp3) is 0.682. The van der Waals surface area contributed by atoms with E-state index >= 15 is 0 Å². The molecule has 0 bridgehead atoms. The van der Waals surface area contributed by atoms with E-state index in [9.17, 15) is 14.9 Å². The van der Waals surface area contributed by atoms with Crippen molar-refractivity contribution in [3.05, 3.63) is 33.9 Å². The zero-order chi connectivity index (χ0) is 19.9. The van der Waals surface area contributed by atoms with E-state index < -0.39 is 4.92 Å². The fourth-order valence-electron chi connectivity index (χ4n) is 3.20. The third kappa shape index (κ3) is 10.1. The minimum absolute atomic E-state index is 0.00202. The molecule has 1 amide bonds. The van der Waals surface area contributed by atoms with Gasteiger partial charge in [-0.3, -0.25) is 14.9 Å². The maximum Gasteiger partial charge on any atom is 0.293 e. The second-order valence-corrected chi connectivity index (χ2v) is 7.34. The summed E-state index contributed by atoms with van der Waals surface area (Å²) in [5.74, 6) is -0.140. The van der Waals surface area contributed by atoms with Crippen LogP contribution < -0.4 is 5.32 Å². The molecule has 0 aromatic heterocycles. The summed E-state index contributed by atoms with van der Waals surface area (Å²) < 4.78 is 0. The van der Waals surface area contributed by atoms with Gasteiger partial charge in [-0.2, -0.15) is 0 Å². The van der Waals surface area contributed by atoms with Gasteiger partial charge in [0.25, 0.3) is 5.69 Å². The molecule has 0 saturated heterocycles. The number of benzene rings is 1. The monoisotopic (exact) mass is 376 g/mol. The van der Waals surface area contributed by atoms with Gasteiger partial charge >= 0.3 is 0 Å². The summed E-state index contributed by atoms with van der Waals surface area (Å²) >= 11 is 0. The number of nitro benzene ring substituents is 1. The molecule has 0 atom stereocenters. The van der Waals surface area contributed by atoms with Gasteiger partial charge < -0.3 is 5.32 Å². The highest BCUT2D eigenvalue weighted by Crippen LogP contribution is 2.27. The van der Waals surface area contributed by atoms with Crippen molar-refractivity contribution in [1.82, 2.24) is 0 Å². The summed E-state index contributed by atoms with van der Waals surface area (Å²) in [5, 5.41) is 14.1. The first-order chi connectivity index (χ1) is 13.1. The Kier molecular flexibility index (Phi) is 12.2. The highest BCUT2D eigenvalue weighted by molar-refractivity contribution is 5.93. The van der Waals surface area contributed by atoms with E-state index in [2.05, 4.69) is 19.2 Å². The number of nitrogens with zero attached hydrogens (tertiary/aromatic N) is 1. The standard InChI is InChI=1S/C22H36N2O3/c1-3-5-7-9-11-12-14-19-16-17-20(21(18-19)24(26)27)23-22(25)15-13-10-8-6-4-2/h16-18H,3-15H2,1-2H3,(H,23,25). The maximum absolute atomic E-state index is 12.1. The van der Waals surface area contributed by atoms with Gasteiger partial charge in [-0.15, -0.1) is 0 Å². The molecule has 0 heterocycles. The molecule has 1 rings (SSSR count). The lowest BCUT2D eigenvalue weighted by Crippen LogP contribution is -2.12. The van der Waals surface area contributed by atoms with Crippen LogP contribution >= 0.6 is 0 Å². The lowest BCUT2D eigenvalue weighted by molar-refractivity contribution is -0.384. The number of carbonyl (C=O) groups excluding carboxylic acids is 1. The number of nitro groups is 1. The van der Waals surface area contributed by atoms with Crippen molar-refractivity contribution in [3.8, 4) is 0 Å². The second kappa shape index (κ2) is 14.2. The summed E-state index contributed by atoms with van der Waals surface area (Å²) in [6, 6.07) is 5.19. The van der Waals surface area contributed by atoms with Crippen molar-refractivity contribution >= 4 is 17.3 Å². The van der Waals surface area contributed by atoms with Crippen LogP contribution in [0.4, 0.5) is 11.4 Å². The molecule has 1 aromatic carbocycles. The number of hydrogen-bond acceptors (Lipinski definition) is 3. The van der Waals surface area contributed by atoms with Crippen LogP contribution in [0.25, 0.3) is 0 Å². The highest BCUT2D eigenvalue weighted by atomic mass is 16.6. The first-order valence-corrected chi connectivity index (χ1v) is 10.7. The first kappa shape index (κ1) is 23.1. The van der Waals surface area contributed by atoms with Gasteiger partial charge in [0, 0.05) is 12.5 Å². The van der Waals surface area contributed by atoms with Gasteiger partial charge in [-0.05, 0) is 30.9 Å².